The summed E-state index contributed by atoms with van der Waals surface area (Å²) in [5.41, 5.74) is 0.804. The van der Waals surface area contributed by atoms with Gasteiger partial charge in [0.2, 0.25) is 5.82 Å². The largest absolute Gasteiger partial charge is 0.432 e. The maximum atomic E-state index is 12.5. The Labute approximate surface area is 182 Å². The SMILES string of the molecule is CNC(=O)c1cc(NC(=O)[C@H]2CC(C)C(C)O2)ccn1.Fc1cccc(OC(F)F)c1F. The van der Waals surface area contributed by atoms with Crippen LogP contribution in [-0.4, -0.2) is 42.7 Å². The molecule has 1 aliphatic heterocycles. The lowest BCUT2D eigenvalue weighted by Crippen LogP contribution is -2.28. The summed E-state index contributed by atoms with van der Waals surface area (Å²) in [6, 6.07) is 6.00. The summed E-state index contributed by atoms with van der Waals surface area (Å²) in [5, 5.41) is 5.25. The second kappa shape index (κ2) is 11.4. The van der Waals surface area contributed by atoms with E-state index in [4.69, 9.17) is 4.74 Å². The van der Waals surface area contributed by atoms with E-state index in [0.717, 1.165) is 18.2 Å². The van der Waals surface area contributed by atoms with Gasteiger partial charge in [-0.15, -0.1) is 0 Å². The number of nitrogens with one attached hydrogen (secondary N) is 2. The van der Waals surface area contributed by atoms with Gasteiger partial charge < -0.3 is 20.1 Å². The zero-order chi connectivity index (χ0) is 23.8. The van der Waals surface area contributed by atoms with Crippen LogP contribution in [0.5, 0.6) is 5.75 Å². The highest BCUT2D eigenvalue weighted by Crippen LogP contribution is 2.26. The fourth-order valence-electron chi connectivity index (χ4n) is 2.80. The fraction of sp³-hybridized carbons (Fsp3) is 0.381. The summed E-state index contributed by atoms with van der Waals surface area (Å²) in [7, 11) is 1.53. The number of benzene rings is 1. The summed E-state index contributed by atoms with van der Waals surface area (Å²) in [6.07, 6.45) is 1.85. The molecule has 0 spiro atoms. The summed E-state index contributed by atoms with van der Waals surface area (Å²) >= 11 is 0. The molecular formula is C21H23F4N3O4. The van der Waals surface area contributed by atoms with Crippen molar-refractivity contribution >= 4 is 17.5 Å². The van der Waals surface area contributed by atoms with E-state index in [-0.39, 0.29) is 23.6 Å². The minimum atomic E-state index is -3.15. The van der Waals surface area contributed by atoms with Crippen LogP contribution in [-0.2, 0) is 9.53 Å². The molecule has 2 unspecified atom stereocenters. The molecule has 1 aromatic carbocycles. The highest BCUT2D eigenvalue weighted by molar-refractivity contribution is 5.97. The van der Waals surface area contributed by atoms with Gasteiger partial charge in [0.15, 0.2) is 11.6 Å². The third kappa shape index (κ3) is 6.91. The summed E-state index contributed by atoms with van der Waals surface area (Å²) in [4.78, 5) is 27.5. The lowest BCUT2D eigenvalue weighted by Gasteiger charge is -2.12. The number of aromatic nitrogens is 1. The average molecular weight is 457 g/mol. The van der Waals surface area contributed by atoms with Crippen molar-refractivity contribution in [2.24, 2.45) is 5.92 Å². The van der Waals surface area contributed by atoms with Crippen LogP contribution in [0.1, 0.15) is 30.8 Å². The highest BCUT2D eigenvalue weighted by atomic mass is 19.3. The van der Waals surface area contributed by atoms with E-state index in [1.807, 2.05) is 6.92 Å². The lowest BCUT2D eigenvalue weighted by molar-refractivity contribution is -0.126. The number of hydrogen-bond donors (Lipinski definition) is 2. The van der Waals surface area contributed by atoms with Crippen LogP contribution in [0.4, 0.5) is 23.2 Å². The third-order valence-electron chi connectivity index (χ3n) is 4.68. The Bertz CT molecular complexity index is 935. The number of amides is 2. The molecule has 0 radical (unpaired) electrons. The zero-order valence-corrected chi connectivity index (χ0v) is 17.6. The molecule has 3 rings (SSSR count). The molecular weight excluding hydrogens is 434 g/mol. The molecule has 2 heterocycles. The van der Waals surface area contributed by atoms with Crippen LogP contribution in [0.15, 0.2) is 36.5 Å². The molecule has 1 saturated heterocycles. The Balaban J connectivity index is 0.000000258. The second-order valence-corrected chi connectivity index (χ2v) is 6.97. The van der Waals surface area contributed by atoms with Gasteiger partial charge >= 0.3 is 6.61 Å². The van der Waals surface area contributed by atoms with E-state index in [9.17, 15) is 27.2 Å². The van der Waals surface area contributed by atoms with Gasteiger partial charge in [0.25, 0.3) is 11.8 Å². The molecule has 2 amide bonds. The van der Waals surface area contributed by atoms with Crippen molar-refractivity contribution < 1.29 is 36.6 Å². The van der Waals surface area contributed by atoms with Crippen LogP contribution >= 0.6 is 0 Å². The Morgan fingerprint density at radius 1 is 1.22 bits per heavy atom. The van der Waals surface area contributed by atoms with Gasteiger partial charge in [-0.3, -0.25) is 14.6 Å². The number of pyridine rings is 1. The van der Waals surface area contributed by atoms with Crippen molar-refractivity contribution in [2.75, 3.05) is 12.4 Å². The lowest BCUT2D eigenvalue weighted by atomic mass is 10.0. The molecule has 0 saturated carbocycles. The molecule has 2 aromatic rings. The van der Waals surface area contributed by atoms with Gasteiger partial charge in [-0.05, 0) is 43.5 Å². The Morgan fingerprint density at radius 3 is 2.53 bits per heavy atom. The van der Waals surface area contributed by atoms with Gasteiger partial charge in [-0.1, -0.05) is 13.0 Å². The molecule has 1 aliphatic rings. The summed E-state index contributed by atoms with van der Waals surface area (Å²) in [6.45, 7) is 0.878. The smallest absolute Gasteiger partial charge is 0.387 e. The van der Waals surface area contributed by atoms with E-state index < -0.39 is 30.1 Å². The quantitative estimate of drug-likeness (QED) is 0.668. The van der Waals surface area contributed by atoms with Crippen LogP contribution in [0.25, 0.3) is 0 Å². The van der Waals surface area contributed by atoms with E-state index in [1.165, 1.54) is 13.2 Å². The van der Waals surface area contributed by atoms with E-state index in [0.29, 0.717) is 18.0 Å². The third-order valence-corrected chi connectivity index (χ3v) is 4.68. The molecule has 0 bridgehead atoms. The number of hydrogen-bond acceptors (Lipinski definition) is 5. The highest BCUT2D eigenvalue weighted by Gasteiger charge is 2.33. The predicted octanol–water partition coefficient (Wildman–Crippen LogP) is 3.76. The van der Waals surface area contributed by atoms with Crippen molar-refractivity contribution in [1.29, 1.82) is 0 Å². The first-order valence-electron chi connectivity index (χ1n) is 9.65. The Kier molecular flexibility index (Phi) is 8.94. The average Bonchev–Trinajstić information content (AvgIpc) is 3.10. The molecule has 174 valence electrons. The standard InChI is InChI=1S/C14H19N3O3.C7H4F4O/c1-8-6-12(20-9(8)2)14(19)17-10-4-5-16-11(7-10)13(18)15-3;8-4-2-1-3-5(6(4)9)12-7(10)11/h4-5,7-9,12H,6H2,1-3H3,(H,15,18)(H,16,17,19);1-3,7H/t8?,9?,12-;/m1./s1. The molecule has 7 nitrogen and oxygen atoms in total. The number of carbonyl (C=O) groups is 2. The molecule has 1 fully saturated rings. The molecule has 3 atom stereocenters. The molecule has 32 heavy (non-hydrogen) atoms. The van der Waals surface area contributed by atoms with Gasteiger partial charge in [-0.2, -0.15) is 13.2 Å². The van der Waals surface area contributed by atoms with Crippen LogP contribution in [0, 0.1) is 17.6 Å². The van der Waals surface area contributed by atoms with E-state index >= 15 is 0 Å². The number of rotatable bonds is 5. The molecule has 2 N–H and O–H groups in total. The van der Waals surface area contributed by atoms with Gasteiger partial charge in [-0.25, -0.2) is 4.39 Å². The minimum absolute atomic E-state index is 0.0876. The number of ether oxygens (including phenoxy) is 2. The van der Waals surface area contributed by atoms with Crippen molar-refractivity contribution in [3.05, 3.63) is 53.9 Å². The minimum Gasteiger partial charge on any atom is -0.432 e. The molecule has 11 heteroatoms. The second-order valence-electron chi connectivity index (χ2n) is 6.97. The van der Waals surface area contributed by atoms with E-state index in [2.05, 4.69) is 27.3 Å². The van der Waals surface area contributed by atoms with E-state index in [1.54, 1.807) is 12.1 Å². The van der Waals surface area contributed by atoms with Gasteiger partial charge in [0.1, 0.15) is 11.8 Å². The first-order valence-corrected chi connectivity index (χ1v) is 9.65. The topological polar surface area (TPSA) is 89.6 Å². The van der Waals surface area contributed by atoms with Crippen molar-refractivity contribution in [3.8, 4) is 5.75 Å². The molecule has 1 aromatic heterocycles. The van der Waals surface area contributed by atoms with Crippen molar-refractivity contribution in [1.82, 2.24) is 10.3 Å². The number of alkyl halides is 2. The maximum absolute atomic E-state index is 12.5. The predicted molar refractivity (Wildman–Crippen MR) is 107 cm³/mol. The first-order chi connectivity index (χ1) is 15.1. The summed E-state index contributed by atoms with van der Waals surface area (Å²) < 4.78 is 57.2. The van der Waals surface area contributed by atoms with Crippen LogP contribution in [0.2, 0.25) is 0 Å². The van der Waals surface area contributed by atoms with Crippen molar-refractivity contribution in [2.45, 2.75) is 39.1 Å². The van der Waals surface area contributed by atoms with Gasteiger partial charge in [0.05, 0.1) is 6.10 Å². The molecule has 0 aliphatic carbocycles. The van der Waals surface area contributed by atoms with Crippen molar-refractivity contribution in [3.63, 3.8) is 0 Å². The number of carbonyl (C=O) groups excluding carboxylic acids is 2. The number of nitrogens with zero attached hydrogens (tertiary/aromatic N) is 1. The number of anilines is 1. The number of halogens is 4. The van der Waals surface area contributed by atoms with Crippen LogP contribution in [0.3, 0.4) is 0 Å². The maximum Gasteiger partial charge on any atom is 0.387 e. The van der Waals surface area contributed by atoms with Crippen LogP contribution < -0.4 is 15.4 Å². The Morgan fingerprint density at radius 2 is 1.94 bits per heavy atom. The monoisotopic (exact) mass is 457 g/mol. The van der Waals surface area contributed by atoms with Gasteiger partial charge in [0, 0.05) is 18.9 Å². The summed E-state index contributed by atoms with van der Waals surface area (Å²) in [5.74, 6) is -3.52. The fourth-order valence-corrected chi connectivity index (χ4v) is 2.80. The first kappa shape index (κ1) is 25.1. The Hall–Kier alpha value is -3.21. The normalized spacial score (nSPS) is 19.7. The zero-order valence-electron chi connectivity index (χ0n) is 17.6.